The van der Waals surface area contributed by atoms with Gasteiger partial charge in [-0.3, -0.25) is 4.79 Å². The van der Waals surface area contributed by atoms with Crippen LogP contribution in [0.25, 0.3) is 0 Å². The van der Waals surface area contributed by atoms with Gasteiger partial charge in [0.15, 0.2) is 0 Å². The molecule has 0 aromatic carbocycles. The van der Waals surface area contributed by atoms with E-state index < -0.39 is 12.1 Å². The SMILES string of the molecule is C[C@@H](N)C(=O)NCC(O)C1CCCCC1. The van der Waals surface area contributed by atoms with Crippen LogP contribution < -0.4 is 11.1 Å². The fourth-order valence-electron chi connectivity index (χ4n) is 2.05. The van der Waals surface area contributed by atoms with Crippen LogP contribution in [-0.4, -0.2) is 29.7 Å². The Balaban J connectivity index is 2.22. The third-order valence-electron chi connectivity index (χ3n) is 3.09. The highest BCUT2D eigenvalue weighted by Gasteiger charge is 2.22. The van der Waals surface area contributed by atoms with Crippen LogP contribution in [0.15, 0.2) is 0 Å². The molecule has 1 unspecified atom stereocenters. The first-order chi connectivity index (χ1) is 7.11. The van der Waals surface area contributed by atoms with Crippen LogP contribution in [-0.2, 0) is 4.79 Å². The lowest BCUT2D eigenvalue weighted by Gasteiger charge is -2.26. The molecule has 0 spiro atoms. The van der Waals surface area contributed by atoms with Crippen molar-refractivity contribution in [3.63, 3.8) is 0 Å². The predicted molar refractivity (Wildman–Crippen MR) is 59.2 cm³/mol. The van der Waals surface area contributed by atoms with Crippen LogP contribution in [0.1, 0.15) is 39.0 Å². The lowest BCUT2D eigenvalue weighted by atomic mass is 9.85. The number of aliphatic hydroxyl groups is 1. The van der Waals surface area contributed by atoms with E-state index in [2.05, 4.69) is 5.32 Å². The molecule has 88 valence electrons. The Morgan fingerprint density at radius 3 is 2.60 bits per heavy atom. The van der Waals surface area contributed by atoms with Crippen LogP contribution in [0.2, 0.25) is 0 Å². The average molecular weight is 214 g/mol. The lowest BCUT2D eigenvalue weighted by Crippen LogP contribution is -2.43. The van der Waals surface area contributed by atoms with Crippen molar-refractivity contribution in [3.05, 3.63) is 0 Å². The molecule has 1 aliphatic rings. The summed E-state index contributed by atoms with van der Waals surface area (Å²) in [6.07, 6.45) is 5.42. The maximum atomic E-state index is 11.2. The quantitative estimate of drug-likeness (QED) is 0.633. The van der Waals surface area contributed by atoms with Crippen LogP contribution in [0.5, 0.6) is 0 Å². The number of hydrogen-bond donors (Lipinski definition) is 3. The summed E-state index contributed by atoms with van der Waals surface area (Å²) in [5, 5.41) is 12.5. The first-order valence-electron chi connectivity index (χ1n) is 5.82. The Bertz CT molecular complexity index is 201. The second-order valence-corrected chi connectivity index (χ2v) is 4.50. The van der Waals surface area contributed by atoms with Crippen LogP contribution >= 0.6 is 0 Å². The molecule has 2 atom stereocenters. The fourth-order valence-corrected chi connectivity index (χ4v) is 2.05. The van der Waals surface area contributed by atoms with Gasteiger partial charge in [-0.2, -0.15) is 0 Å². The zero-order chi connectivity index (χ0) is 11.3. The maximum Gasteiger partial charge on any atom is 0.236 e. The molecule has 1 saturated carbocycles. The second kappa shape index (κ2) is 6.08. The predicted octanol–water partition coefficient (Wildman–Crippen LogP) is 0.391. The fraction of sp³-hybridized carbons (Fsp3) is 0.909. The van der Waals surface area contributed by atoms with Gasteiger partial charge in [0.1, 0.15) is 0 Å². The van der Waals surface area contributed by atoms with Crippen LogP contribution in [0.3, 0.4) is 0 Å². The summed E-state index contributed by atoms with van der Waals surface area (Å²) in [5.74, 6) is 0.164. The largest absolute Gasteiger partial charge is 0.391 e. The molecular weight excluding hydrogens is 192 g/mol. The van der Waals surface area contributed by atoms with Crippen LogP contribution in [0.4, 0.5) is 0 Å². The molecular formula is C11H22N2O2. The summed E-state index contributed by atoms with van der Waals surface area (Å²) in [7, 11) is 0. The minimum absolute atomic E-state index is 0.190. The number of aliphatic hydroxyl groups excluding tert-OH is 1. The van der Waals surface area contributed by atoms with Gasteiger partial charge in [-0.05, 0) is 25.7 Å². The average Bonchev–Trinajstić information content (AvgIpc) is 2.26. The van der Waals surface area contributed by atoms with Crippen molar-refractivity contribution in [2.75, 3.05) is 6.54 Å². The van der Waals surface area contributed by atoms with Crippen molar-refractivity contribution in [1.29, 1.82) is 0 Å². The number of carbonyl (C=O) groups excluding carboxylic acids is 1. The van der Waals surface area contributed by atoms with Crippen molar-refractivity contribution in [3.8, 4) is 0 Å². The Morgan fingerprint density at radius 1 is 1.47 bits per heavy atom. The van der Waals surface area contributed by atoms with Crippen molar-refractivity contribution < 1.29 is 9.90 Å². The molecule has 0 aromatic heterocycles. The van der Waals surface area contributed by atoms with E-state index in [0.717, 1.165) is 12.8 Å². The molecule has 0 saturated heterocycles. The molecule has 15 heavy (non-hydrogen) atoms. The Labute approximate surface area is 91.2 Å². The molecule has 0 radical (unpaired) electrons. The normalized spacial score (nSPS) is 22.1. The van der Waals surface area contributed by atoms with Crippen molar-refractivity contribution in [2.24, 2.45) is 11.7 Å². The highest BCUT2D eigenvalue weighted by Crippen LogP contribution is 2.26. The second-order valence-electron chi connectivity index (χ2n) is 4.50. The molecule has 4 N–H and O–H groups in total. The number of nitrogens with two attached hydrogens (primary N) is 1. The summed E-state index contributed by atoms with van der Waals surface area (Å²) in [6, 6.07) is -0.497. The van der Waals surface area contributed by atoms with E-state index in [1.807, 2.05) is 0 Å². The van der Waals surface area contributed by atoms with Gasteiger partial charge in [0.05, 0.1) is 12.1 Å². The highest BCUT2D eigenvalue weighted by atomic mass is 16.3. The maximum absolute atomic E-state index is 11.2. The van der Waals surface area contributed by atoms with E-state index in [9.17, 15) is 9.90 Å². The van der Waals surface area contributed by atoms with E-state index in [1.165, 1.54) is 19.3 Å². The number of amides is 1. The molecule has 4 heteroatoms. The minimum Gasteiger partial charge on any atom is -0.391 e. The third kappa shape index (κ3) is 4.18. The first-order valence-corrected chi connectivity index (χ1v) is 5.82. The van der Waals surface area contributed by atoms with Gasteiger partial charge >= 0.3 is 0 Å². The molecule has 1 aliphatic carbocycles. The Hall–Kier alpha value is -0.610. The van der Waals surface area contributed by atoms with Gasteiger partial charge in [-0.15, -0.1) is 0 Å². The van der Waals surface area contributed by atoms with Crippen molar-refractivity contribution in [2.45, 2.75) is 51.2 Å². The van der Waals surface area contributed by atoms with Crippen molar-refractivity contribution in [1.82, 2.24) is 5.32 Å². The zero-order valence-corrected chi connectivity index (χ0v) is 9.41. The molecule has 1 fully saturated rings. The van der Waals surface area contributed by atoms with Gasteiger partial charge in [0.2, 0.25) is 5.91 Å². The van der Waals surface area contributed by atoms with Gasteiger partial charge < -0.3 is 16.2 Å². The molecule has 0 aliphatic heterocycles. The topological polar surface area (TPSA) is 75.4 Å². The van der Waals surface area contributed by atoms with E-state index in [-0.39, 0.29) is 5.91 Å². The summed E-state index contributed by atoms with van der Waals surface area (Å²) < 4.78 is 0. The minimum atomic E-state index is -0.497. The number of nitrogens with one attached hydrogen (secondary N) is 1. The first kappa shape index (κ1) is 12.5. The third-order valence-corrected chi connectivity index (χ3v) is 3.09. The summed E-state index contributed by atoms with van der Waals surface area (Å²) in [5.41, 5.74) is 5.41. The standard InChI is InChI=1S/C11H22N2O2/c1-8(12)11(15)13-7-10(14)9-5-3-2-4-6-9/h8-10,14H,2-7,12H2,1H3,(H,13,15)/t8-,10?/m1/s1. The van der Waals surface area contributed by atoms with Gasteiger partial charge in [0.25, 0.3) is 0 Å². The molecule has 4 nitrogen and oxygen atoms in total. The van der Waals surface area contributed by atoms with Crippen LogP contribution in [0, 0.1) is 5.92 Å². The Morgan fingerprint density at radius 2 is 2.07 bits per heavy atom. The molecule has 0 aromatic rings. The summed E-state index contributed by atoms with van der Waals surface area (Å²) >= 11 is 0. The molecule has 1 rings (SSSR count). The lowest BCUT2D eigenvalue weighted by molar-refractivity contribution is -0.122. The number of rotatable bonds is 4. The van der Waals surface area contributed by atoms with E-state index in [1.54, 1.807) is 6.92 Å². The number of hydrogen-bond acceptors (Lipinski definition) is 3. The molecule has 1 amide bonds. The Kier molecular flexibility index (Phi) is 5.05. The zero-order valence-electron chi connectivity index (χ0n) is 9.41. The molecule has 0 heterocycles. The smallest absolute Gasteiger partial charge is 0.236 e. The summed E-state index contributed by atoms with van der Waals surface area (Å²) in [6.45, 7) is 1.98. The highest BCUT2D eigenvalue weighted by molar-refractivity contribution is 5.80. The van der Waals surface area contributed by atoms with Gasteiger partial charge in [-0.1, -0.05) is 19.3 Å². The monoisotopic (exact) mass is 214 g/mol. The van der Waals surface area contributed by atoms with Gasteiger partial charge in [-0.25, -0.2) is 0 Å². The van der Waals surface area contributed by atoms with Crippen molar-refractivity contribution >= 4 is 5.91 Å². The molecule has 0 bridgehead atoms. The number of carbonyl (C=O) groups is 1. The van der Waals surface area contributed by atoms with Gasteiger partial charge in [0, 0.05) is 6.54 Å². The van der Waals surface area contributed by atoms with E-state index in [4.69, 9.17) is 5.73 Å². The van der Waals surface area contributed by atoms with E-state index in [0.29, 0.717) is 12.5 Å². The summed E-state index contributed by atoms with van der Waals surface area (Å²) in [4.78, 5) is 11.2. The van der Waals surface area contributed by atoms with E-state index >= 15 is 0 Å².